The van der Waals surface area contributed by atoms with Crippen molar-refractivity contribution in [2.45, 2.75) is 51.0 Å². The molecule has 1 saturated carbocycles. The van der Waals surface area contributed by atoms with Crippen molar-refractivity contribution in [3.63, 3.8) is 0 Å². The fourth-order valence-corrected chi connectivity index (χ4v) is 2.94. The van der Waals surface area contributed by atoms with Crippen LogP contribution in [0.5, 0.6) is 0 Å². The Kier molecular flexibility index (Phi) is 3.79. The van der Waals surface area contributed by atoms with E-state index in [1.807, 2.05) is 0 Å². The lowest BCUT2D eigenvalue weighted by Gasteiger charge is -2.21. The maximum Gasteiger partial charge on any atom is 0.0460 e. The maximum atomic E-state index is 9.24. The number of nitrogens with two attached hydrogens (primary N) is 1. The summed E-state index contributed by atoms with van der Waals surface area (Å²) >= 11 is 0. The van der Waals surface area contributed by atoms with Crippen LogP contribution in [0.1, 0.15) is 50.7 Å². The van der Waals surface area contributed by atoms with Gasteiger partial charge in [0.1, 0.15) is 0 Å². The van der Waals surface area contributed by atoms with E-state index in [1.165, 1.54) is 11.1 Å². The zero-order valence-corrected chi connectivity index (χ0v) is 11.7. The number of aliphatic hydroxyl groups excluding tert-OH is 1. The molecule has 0 amide bonds. The molecule has 0 heterocycles. The minimum absolute atomic E-state index is 0.197. The second kappa shape index (κ2) is 5.02. The van der Waals surface area contributed by atoms with Crippen molar-refractivity contribution in [3.8, 4) is 0 Å². The average Bonchev–Trinajstić information content (AvgIpc) is 2.70. The average molecular weight is 247 g/mol. The summed E-state index contributed by atoms with van der Waals surface area (Å²) in [6, 6.07) is 9.06. The first-order chi connectivity index (χ1) is 8.41. The molecule has 0 bridgehead atoms. The molecule has 0 radical (unpaired) electrons. The standard InChI is InChI=1S/C16H25NO/c1-16(2,3)13-6-4-12(5-7-13)14-8-11(10-18)9-15(14)17/h4-7,11,14-15,18H,8-10,17H2,1-3H3/t11-,14+,15-/m0/s1. The Morgan fingerprint density at radius 3 is 2.22 bits per heavy atom. The first kappa shape index (κ1) is 13.6. The summed E-state index contributed by atoms with van der Waals surface area (Å²) in [5.74, 6) is 0.795. The Hall–Kier alpha value is -0.860. The largest absolute Gasteiger partial charge is 0.396 e. The van der Waals surface area contributed by atoms with Gasteiger partial charge in [0.25, 0.3) is 0 Å². The van der Waals surface area contributed by atoms with Gasteiger partial charge in [-0.25, -0.2) is 0 Å². The number of benzene rings is 1. The van der Waals surface area contributed by atoms with Crippen LogP contribution in [0.3, 0.4) is 0 Å². The molecule has 100 valence electrons. The second-order valence-electron chi connectivity index (χ2n) is 6.66. The number of rotatable bonds is 2. The summed E-state index contributed by atoms with van der Waals surface area (Å²) in [5.41, 5.74) is 9.07. The van der Waals surface area contributed by atoms with Crippen LogP contribution in [0, 0.1) is 5.92 Å². The molecule has 0 saturated heterocycles. The first-order valence-corrected chi connectivity index (χ1v) is 6.88. The lowest BCUT2D eigenvalue weighted by Crippen LogP contribution is -2.23. The molecule has 2 heteroatoms. The van der Waals surface area contributed by atoms with E-state index in [0.717, 1.165) is 12.8 Å². The van der Waals surface area contributed by atoms with Crippen LogP contribution in [0.25, 0.3) is 0 Å². The Morgan fingerprint density at radius 1 is 1.17 bits per heavy atom. The van der Waals surface area contributed by atoms with E-state index >= 15 is 0 Å². The van der Waals surface area contributed by atoms with Gasteiger partial charge in [0, 0.05) is 12.6 Å². The van der Waals surface area contributed by atoms with Gasteiger partial charge in [-0.05, 0) is 41.2 Å². The third-order valence-corrected chi connectivity index (χ3v) is 4.17. The topological polar surface area (TPSA) is 46.2 Å². The lowest BCUT2D eigenvalue weighted by atomic mass is 9.85. The van der Waals surface area contributed by atoms with Crippen molar-refractivity contribution in [2.24, 2.45) is 11.7 Å². The highest BCUT2D eigenvalue weighted by atomic mass is 16.3. The number of hydrogen-bond donors (Lipinski definition) is 2. The third-order valence-electron chi connectivity index (χ3n) is 4.17. The summed E-state index contributed by atoms with van der Waals surface area (Å²) in [6.07, 6.45) is 1.97. The quantitative estimate of drug-likeness (QED) is 0.844. The van der Waals surface area contributed by atoms with Gasteiger partial charge in [-0.3, -0.25) is 0 Å². The van der Waals surface area contributed by atoms with Crippen LogP contribution >= 0.6 is 0 Å². The van der Waals surface area contributed by atoms with Crippen LogP contribution in [0.2, 0.25) is 0 Å². The minimum atomic E-state index is 0.197. The molecule has 1 aromatic rings. The van der Waals surface area contributed by atoms with Crippen LogP contribution in [-0.4, -0.2) is 17.8 Å². The van der Waals surface area contributed by atoms with E-state index in [4.69, 9.17) is 5.73 Å². The van der Waals surface area contributed by atoms with E-state index in [0.29, 0.717) is 11.8 Å². The first-order valence-electron chi connectivity index (χ1n) is 6.88. The molecular weight excluding hydrogens is 222 g/mol. The lowest BCUT2D eigenvalue weighted by molar-refractivity contribution is 0.228. The molecule has 1 aliphatic carbocycles. The molecule has 0 spiro atoms. The summed E-state index contributed by atoms with van der Waals surface area (Å²) in [5, 5.41) is 9.24. The monoisotopic (exact) mass is 247 g/mol. The van der Waals surface area contributed by atoms with Crippen LogP contribution < -0.4 is 5.73 Å². The van der Waals surface area contributed by atoms with Crippen molar-refractivity contribution in [1.29, 1.82) is 0 Å². The molecule has 1 aliphatic rings. The summed E-state index contributed by atoms with van der Waals surface area (Å²) in [6.45, 7) is 6.95. The molecule has 0 aromatic heterocycles. The van der Waals surface area contributed by atoms with E-state index < -0.39 is 0 Å². The van der Waals surface area contributed by atoms with E-state index in [-0.39, 0.29) is 18.1 Å². The van der Waals surface area contributed by atoms with Crippen LogP contribution in [0.15, 0.2) is 24.3 Å². The van der Waals surface area contributed by atoms with Crippen molar-refractivity contribution < 1.29 is 5.11 Å². The van der Waals surface area contributed by atoms with Gasteiger partial charge < -0.3 is 10.8 Å². The normalized spacial score (nSPS) is 28.6. The van der Waals surface area contributed by atoms with Gasteiger partial charge in [0.15, 0.2) is 0 Å². The van der Waals surface area contributed by atoms with Crippen molar-refractivity contribution in [2.75, 3.05) is 6.61 Å². The van der Waals surface area contributed by atoms with Crippen molar-refractivity contribution >= 4 is 0 Å². The fraction of sp³-hybridized carbons (Fsp3) is 0.625. The van der Waals surface area contributed by atoms with E-state index in [2.05, 4.69) is 45.0 Å². The van der Waals surface area contributed by atoms with Crippen LogP contribution in [0.4, 0.5) is 0 Å². The summed E-state index contributed by atoms with van der Waals surface area (Å²) in [4.78, 5) is 0. The van der Waals surface area contributed by atoms with E-state index in [1.54, 1.807) is 0 Å². The smallest absolute Gasteiger partial charge is 0.0460 e. The predicted octanol–water partition coefficient (Wildman–Crippen LogP) is 2.80. The van der Waals surface area contributed by atoms with Crippen molar-refractivity contribution in [3.05, 3.63) is 35.4 Å². The minimum Gasteiger partial charge on any atom is -0.396 e. The summed E-state index contributed by atoms with van der Waals surface area (Å²) in [7, 11) is 0. The molecule has 1 aromatic carbocycles. The second-order valence-corrected chi connectivity index (χ2v) is 6.66. The molecular formula is C16H25NO. The molecule has 0 unspecified atom stereocenters. The highest BCUT2D eigenvalue weighted by Crippen LogP contribution is 2.37. The highest BCUT2D eigenvalue weighted by Gasteiger charge is 2.32. The van der Waals surface area contributed by atoms with Crippen LogP contribution in [-0.2, 0) is 5.41 Å². The zero-order chi connectivity index (χ0) is 13.3. The number of aliphatic hydroxyl groups is 1. The molecule has 1 fully saturated rings. The predicted molar refractivity (Wildman–Crippen MR) is 75.7 cm³/mol. The SMILES string of the molecule is CC(C)(C)c1ccc([C@H]2C[C@H](CO)C[C@@H]2N)cc1. The van der Waals surface area contributed by atoms with Gasteiger partial charge in [-0.15, -0.1) is 0 Å². The van der Waals surface area contributed by atoms with Gasteiger partial charge in [-0.1, -0.05) is 45.0 Å². The third kappa shape index (κ3) is 2.76. The molecule has 0 aliphatic heterocycles. The Morgan fingerprint density at radius 2 is 1.78 bits per heavy atom. The highest BCUT2D eigenvalue weighted by molar-refractivity contribution is 5.31. The molecule has 2 rings (SSSR count). The Labute approximate surface area is 110 Å². The van der Waals surface area contributed by atoms with Gasteiger partial charge in [-0.2, -0.15) is 0 Å². The maximum absolute atomic E-state index is 9.24. The Balaban J connectivity index is 2.15. The molecule has 3 N–H and O–H groups in total. The molecule has 2 nitrogen and oxygen atoms in total. The number of hydrogen-bond acceptors (Lipinski definition) is 2. The molecule has 18 heavy (non-hydrogen) atoms. The molecule has 3 atom stereocenters. The fourth-order valence-electron chi connectivity index (χ4n) is 2.94. The van der Waals surface area contributed by atoms with Gasteiger partial charge in [0.05, 0.1) is 0 Å². The van der Waals surface area contributed by atoms with Gasteiger partial charge in [0.2, 0.25) is 0 Å². The van der Waals surface area contributed by atoms with Gasteiger partial charge >= 0.3 is 0 Å². The summed E-state index contributed by atoms with van der Waals surface area (Å²) < 4.78 is 0. The Bertz CT molecular complexity index is 391. The van der Waals surface area contributed by atoms with Crippen molar-refractivity contribution in [1.82, 2.24) is 0 Å². The van der Waals surface area contributed by atoms with E-state index in [9.17, 15) is 5.11 Å². The zero-order valence-electron chi connectivity index (χ0n) is 11.7.